The van der Waals surface area contributed by atoms with Crippen molar-refractivity contribution in [2.24, 2.45) is 0 Å². The number of hydrogen-bond acceptors (Lipinski definition) is 6. The first-order valence-corrected chi connectivity index (χ1v) is 7.89. The third-order valence-electron chi connectivity index (χ3n) is 3.30. The highest BCUT2D eigenvalue weighted by Gasteiger charge is 2.20. The number of amides is 1. The highest BCUT2D eigenvalue weighted by Crippen LogP contribution is 2.34. The molecule has 0 atom stereocenters. The first-order chi connectivity index (χ1) is 11.1. The van der Waals surface area contributed by atoms with Gasteiger partial charge in [0.05, 0.1) is 16.9 Å². The average molecular weight is 329 g/mol. The topological polar surface area (TPSA) is 84.3 Å². The van der Waals surface area contributed by atoms with Gasteiger partial charge in [-0.25, -0.2) is 9.97 Å². The number of nitrogens with one attached hydrogen (secondary N) is 1. The van der Waals surface area contributed by atoms with E-state index in [0.717, 1.165) is 15.8 Å². The van der Waals surface area contributed by atoms with Gasteiger partial charge in [0.25, 0.3) is 5.91 Å². The van der Waals surface area contributed by atoms with Crippen molar-refractivity contribution in [3.8, 4) is 11.6 Å². The number of phenols is 1. The number of aromatic hydroxyl groups is 1. The molecular weight excluding hydrogens is 314 g/mol. The number of hydrogen-bond donors (Lipinski definition) is 2. The number of ether oxygens (including phenoxy) is 1. The highest BCUT2D eigenvalue weighted by molar-refractivity contribution is 7.20. The van der Waals surface area contributed by atoms with Crippen LogP contribution in [-0.2, 0) is 0 Å². The molecule has 6 nitrogen and oxygen atoms in total. The highest BCUT2D eigenvalue weighted by atomic mass is 32.1. The number of fused-ring (bicyclic) bond motifs is 1. The van der Waals surface area contributed by atoms with Crippen LogP contribution in [0, 0.1) is 6.92 Å². The van der Waals surface area contributed by atoms with E-state index in [2.05, 4.69) is 15.3 Å². The molecule has 0 fully saturated rings. The Bertz CT molecular complexity index is 859. The lowest BCUT2D eigenvalue weighted by molar-refractivity contribution is 0.103. The standard InChI is InChI=1S/C16H15N3O3S/c1-3-22-15-12-9(2)13(23-16(12)18-8-17-15)14(21)19-10-4-6-11(20)7-5-10/h4-8,20H,3H2,1-2H3,(H,19,21). The van der Waals surface area contributed by atoms with E-state index in [0.29, 0.717) is 23.1 Å². The minimum absolute atomic E-state index is 0.151. The number of thiophene rings is 1. The quantitative estimate of drug-likeness (QED) is 0.717. The number of anilines is 1. The lowest BCUT2D eigenvalue weighted by atomic mass is 10.2. The summed E-state index contributed by atoms with van der Waals surface area (Å²) < 4.78 is 5.52. The fourth-order valence-electron chi connectivity index (χ4n) is 2.23. The molecule has 0 saturated carbocycles. The maximum absolute atomic E-state index is 12.5. The molecule has 118 valence electrons. The molecule has 7 heteroatoms. The van der Waals surface area contributed by atoms with Crippen LogP contribution in [0.5, 0.6) is 11.6 Å². The van der Waals surface area contributed by atoms with E-state index >= 15 is 0 Å². The Morgan fingerprint density at radius 3 is 2.74 bits per heavy atom. The van der Waals surface area contributed by atoms with E-state index in [-0.39, 0.29) is 11.7 Å². The Morgan fingerprint density at radius 2 is 2.04 bits per heavy atom. The molecule has 0 aliphatic carbocycles. The molecular formula is C16H15N3O3S. The van der Waals surface area contributed by atoms with Crippen LogP contribution in [-0.4, -0.2) is 27.6 Å². The minimum Gasteiger partial charge on any atom is -0.508 e. The molecule has 3 aromatic rings. The maximum Gasteiger partial charge on any atom is 0.266 e. The molecule has 1 aromatic carbocycles. The van der Waals surface area contributed by atoms with Crippen molar-refractivity contribution in [1.29, 1.82) is 0 Å². The number of nitrogens with zero attached hydrogens (tertiary/aromatic N) is 2. The number of rotatable bonds is 4. The van der Waals surface area contributed by atoms with E-state index in [1.54, 1.807) is 12.1 Å². The molecule has 2 aromatic heterocycles. The molecule has 0 spiro atoms. The summed E-state index contributed by atoms with van der Waals surface area (Å²) in [7, 11) is 0. The summed E-state index contributed by atoms with van der Waals surface area (Å²) in [4.78, 5) is 22.1. The molecule has 0 radical (unpaired) electrons. The number of aromatic nitrogens is 2. The lowest BCUT2D eigenvalue weighted by Crippen LogP contribution is -2.11. The molecule has 2 N–H and O–H groups in total. The van der Waals surface area contributed by atoms with Gasteiger partial charge in [0.2, 0.25) is 5.88 Å². The summed E-state index contributed by atoms with van der Waals surface area (Å²) in [5.41, 5.74) is 1.41. The minimum atomic E-state index is -0.223. The van der Waals surface area contributed by atoms with E-state index in [4.69, 9.17) is 4.74 Å². The van der Waals surface area contributed by atoms with E-state index < -0.39 is 0 Å². The predicted octanol–water partition coefficient (Wildman–Crippen LogP) is 3.36. The number of benzene rings is 1. The van der Waals surface area contributed by atoms with Crippen LogP contribution in [0.15, 0.2) is 30.6 Å². The van der Waals surface area contributed by atoms with Crippen LogP contribution in [0.4, 0.5) is 5.69 Å². The Hall–Kier alpha value is -2.67. The van der Waals surface area contributed by atoms with Gasteiger partial charge in [-0.2, -0.15) is 0 Å². The van der Waals surface area contributed by atoms with Crippen molar-refractivity contribution in [2.75, 3.05) is 11.9 Å². The summed E-state index contributed by atoms with van der Waals surface area (Å²) >= 11 is 1.30. The van der Waals surface area contributed by atoms with Gasteiger partial charge >= 0.3 is 0 Å². The smallest absolute Gasteiger partial charge is 0.266 e. The van der Waals surface area contributed by atoms with Crippen LogP contribution < -0.4 is 10.1 Å². The van der Waals surface area contributed by atoms with Gasteiger partial charge in [0.1, 0.15) is 16.9 Å². The molecule has 2 heterocycles. The van der Waals surface area contributed by atoms with E-state index in [1.165, 1.54) is 29.8 Å². The summed E-state index contributed by atoms with van der Waals surface area (Å²) in [6, 6.07) is 6.32. The molecule has 0 saturated heterocycles. The van der Waals surface area contributed by atoms with Gasteiger partial charge < -0.3 is 15.2 Å². The van der Waals surface area contributed by atoms with Crippen LogP contribution in [0.1, 0.15) is 22.2 Å². The van der Waals surface area contributed by atoms with Crippen LogP contribution in [0.2, 0.25) is 0 Å². The first-order valence-electron chi connectivity index (χ1n) is 7.07. The third kappa shape index (κ3) is 2.95. The van der Waals surface area contributed by atoms with Crippen LogP contribution >= 0.6 is 11.3 Å². The molecule has 3 rings (SSSR count). The fraction of sp³-hybridized carbons (Fsp3) is 0.188. The number of phenolic OH excluding ortho intramolecular Hbond substituents is 1. The lowest BCUT2D eigenvalue weighted by Gasteiger charge is -2.05. The average Bonchev–Trinajstić information content (AvgIpc) is 2.88. The molecule has 0 aliphatic heterocycles. The van der Waals surface area contributed by atoms with Crippen LogP contribution in [0.3, 0.4) is 0 Å². The zero-order valence-electron chi connectivity index (χ0n) is 12.7. The predicted molar refractivity (Wildman–Crippen MR) is 89.4 cm³/mol. The number of aryl methyl sites for hydroxylation is 1. The van der Waals surface area contributed by atoms with Gasteiger partial charge in [-0.1, -0.05) is 0 Å². The van der Waals surface area contributed by atoms with Gasteiger partial charge in [-0.15, -0.1) is 11.3 Å². The van der Waals surface area contributed by atoms with Crippen LogP contribution in [0.25, 0.3) is 10.2 Å². The maximum atomic E-state index is 12.5. The summed E-state index contributed by atoms with van der Waals surface area (Å²) in [6.07, 6.45) is 1.44. The number of carbonyl (C=O) groups is 1. The zero-order valence-corrected chi connectivity index (χ0v) is 13.5. The van der Waals surface area contributed by atoms with Crippen molar-refractivity contribution in [2.45, 2.75) is 13.8 Å². The third-order valence-corrected chi connectivity index (χ3v) is 4.50. The molecule has 0 unspecified atom stereocenters. The Labute approximate surface area is 136 Å². The second-order valence-corrected chi connectivity index (χ2v) is 5.85. The Kier molecular flexibility index (Phi) is 4.12. The zero-order chi connectivity index (χ0) is 16.4. The largest absolute Gasteiger partial charge is 0.508 e. The monoisotopic (exact) mass is 329 g/mol. The van der Waals surface area contributed by atoms with Crippen molar-refractivity contribution < 1.29 is 14.6 Å². The summed E-state index contributed by atoms with van der Waals surface area (Å²) in [6.45, 7) is 4.24. The van der Waals surface area contributed by atoms with E-state index in [9.17, 15) is 9.90 Å². The molecule has 0 bridgehead atoms. The first kappa shape index (κ1) is 15.2. The normalized spacial score (nSPS) is 10.7. The molecule has 1 amide bonds. The van der Waals surface area contributed by atoms with Gasteiger partial charge in [-0.05, 0) is 43.7 Å². The second-order valence-electron chi connectivity index (χ2n) is 4.85. The number of carbonyl (C=O) groups excluding carboxylic acids is 1. The van der Waals surface area contributed by atoms with E-state index in [1.807, 2.05) is 13.8 Å². The Morgan fingerprint density at radius 1 is 1.30 bits per heavy atom. The van der Waals surface area contributed by atoms with Crippen molar-refractivity contribution in [1.82, 2.24) is 9.97 Å². The van der Waals surface area contributed by atoms with Gasteiger partial charge in [0, 0.05) is 5.69 Å². The Balaban J connectivity index is 1.96. The summed E-state index contributed by atoms with van der Waals surface area (Å²) in [5, 5.41) is 12.9. The molecule has 0 aliphatic rings. The van der Waals surface area contributed by atoms with Crippen molar-refractivity contribution >= 4 is 33.1 Å². The van der Waals surface area contributed by atoms with Gasteiger partial charge in [-0.3, -0.25) is 4.79 Å². The fourth-order valence-corrected chi connectivity index (χ4v) is 3.27. The summed E-state index contributed by atoms with van der Waals surface area (Å²) in [5.74, 6) is 0.422. The van der Waals surface area contributed by atoms with Crippen molar-refractivity contribution in [3.63, 3.8) is 0 Å². The second kappa shape index (κ2) is 6.21. The van der Waals surface area contributed by atoms with Crippen molar-refractivity contribution in [3.05, 3.63) is 41.0 Å². The molecule has 23 heavy (non-hydrogen) atoms. The SMILES string of the molecule is CCOc1ncnc2sc(C(=O)Nc3ccc(O)cc3)c(C)c12. The van der Waals surface area contributed by atoms with Gasteiger partial charge in [0.15, 0.2) is 0 Å².